The molecule has 6 heteroatoms. The summed E-state index contributed by atoms with van der Waals surface area (Å²) in [4.78, 5) is 0.431. The van der Waals surface area contributed by atoms with Gasteiger partial charge in [-0.05, 0) is 35.9 Å². The zero-order chi connectivity index (χ0) is 14.7. The minimum absolute atomic E-state index is 0.0708. The molecule has 20 heavy (non-hydrogen) atoms. The molecule has 1 unspecified atom stereocenters. The zero-order valence-corrected chi connectivity index (χ0v) is 11.8. The number of anilines is 1. The normalized spacial score (nSPS) is 11.8. The average molecular weight is 309 g/mol. The Morgan fingerprint density at radius 3 is 2.75 bits per heavy atom. The molecule has 0 bridgehead atoms. The van der Waals surface area contributed by atoms with Gasteiger partial charge in [-0.2, -0.15) is 5.26 Å². The third kappa shape index (κ3) is 3.16. The second-order valence-corrected chi connectivity index (χ2v) is 5.95. The number of nitrogens with zero attached hydrogens (tertiary/aromatic N) is 1. The Morgan fingerprint density at radius 1 is 1.30 bits per heavy atom. The number of hydrogen-bond donors (Lipinski definition) is 1. The van der Waals surface area contributed by atoms with Crippen molar-refractivity contribution >= 4 is 28.1 Å². The first-order chi connectivity index (χ1) is 9.51. The lowest BCUT2D eigenvalue weighted by Crippen LogP contribution is -2.01. The molecule has 0 saturated carbocycles. The highest BCUT2D eigenvalue weighted by molar-refractivity contribution is 7.84. The number of nitrogens with two attached hydrogens (primary N) is 1. The summed E-state index contributed by atoms with van der Waals surface area (Å²) in [6.07, 6.45) is 0. The summed E-state index contributed by atoms with van der Waals surface area (Å²) in [6, 6.07) is 10.6. The van der Waals surface area contributed by atoms with Crippen molar-refractivity contribution in [2.24, 2.45) is 0 Å². The molecule has 0 amide bonds. The second kappa shape index (κ2) is 6.04. The van der Waals surface area contributed by atoms with Gasteiger partial charge in [0, 0.05) is 10.7 Å². The Kier molecular flexibility index (Phi) is 4.38. The Hall–Kier alpha value is -1.90. The summed E-state index contributed by atoms with van der Waals surface area (Å²) in [6.45, 7) is 0. The third-order valence-corrected chi connectivity index (χ3v) is 4.34. The van der Waals surface area contributed by atoms with Crippen LogP contribution in [0.2, 0.25) is 5.02 Å². The van der Waals surface area contributed by atoms with Gasteiger partial charge in [0.2, 0.25) is 0 Å². The van der Waals surface area contributed by atoms with E-state index in [1.54, 1.807) is 24.3 Å². The minimum Gasteiger partial charge on any atom is -0.398 e. The van der Waals surface area contributed by atoms with Crippen molar-refractivity contribution in [3.05, 3.63) is 58.4 Å². The van der Waals surface area contributed by atoms with E-state index in [2.05, 4.69) is 0 Å². The van der Waals surface area contributed by atoms with E-state index in [1.165, 1.54) is 18.2 Å². The van der Waals surface area contributed by atoms with Gasteiger partial charge in [-0.15, -0.1) is 0 Å². The molecule has 0 heterocycles. The molecule has 0 aliphatic carbocycles. The maximum absolute atomic E-state index is 13.2. The molecule has 0 aliphatic heterocycles. The molecule has 2 N–H and O–H groups in total. The van der Waals surface area contributed by atoms with Gasteiger partial charge in [-0.1, -0.05) is 17.7 Å². The van der Waals surface area contributed by atoms with Gasteiger partial charge in [-0.3, -0.25) is 4.21 Å². The highest BCUT2D eigenvalue weighted by Crippen LogP contribution is 2.23. The lowest BCUT2D eigenvalue weighted by atomic mass is 10.1. The lowest BCUT2D eigenvalue weighted by molar-refractivity contribution is 0.623. The fourth-order valence-corrected chi connectivity index (χ4v) is 3.15. The quantitative estimate of drug-likeness (QED) is 0.885. The summed E-state index contributed by atoms with van der Waals surface area (Å²) < 4.78 is 25.5. The van der Waals surface area contributed by atoms with Crippen LogP contribution in [0.25, 0.3) is 0 Å². The molecule has 0 aliphatic rings. The molecule has 0 saturated heterocycles. The molecule has 0 aromatic heterocycles. The smallest absolute Gasteiger partial charge is 0.140 e. The van der Waals surface area contributed by atoms with Crippen molar-refractivity contribution in [3.63, 3.8) is 0 Å². The Labute approximate surface area is 123 Å². The predicted octanol–water partition coefficient (Wildman–Crippen LogP) is 3.24. The first kappa shape index (κ1) is 14.5. The van der Waals surface area contributed by atoms with Crippen LogP contribution in [0.3, 0.4) is 0 Å². The SMILES string of the molecule is N#Cc1cc(CS(=O)c2cc(Cl)ccc2N)ccc1F. The monoisotopic (exact) mass is 308 g/mol. The van der Waals surface area contributed by atoms with Crippen LogP contribution in [0.1, 0.15) is 11.1 Å². The third-order valence-electron chi connectivity index (χ3n) is 2.67. The Morgan fingerprint density at radius 2 is 2.05 bits per heavy atom. The number of nitriles is 1. The minimum atomic E-state index is -1.41. The number of hydrogen-bond acceptors (Lipinski definition) is 3. The van der Waals surface area contributed by atoms with Crippen molar-refractivity contribution in [2.75, 3.05) is 5.73 Å². The molecular weight excluding hydrogens is 299 g/mol. The molecule has 3 nitrogen and oxygen atoms in total. The zero-order valence-electron chi connectivity index (χ0n) is 10.3. The van der Waals surface area contributed by atoms with Crippen LogP contribution in [0.4, 0.5) is 10.1 Å². The standard InChI is InChI=1S/C14H10ClFN2OS/c15-11-2-4-13(18)14(6-11)20(19)8-9-1-3-12(16)10(5-9)7-17/h1-6H,8,18H2. The molecule has 0 radical (unpaired) electrons. The van der Waals surface area contributed by atoms with Gasteiger partial charge in [0.15, 0.2) is 0 Å². The van der Waals surface area contributed by atoms with Crippen molar-refractivity contribution in [1.82, 2.24) is 0 Å². The van der Waals surface area contributed by atoms with E-state index in [-0.39, 0.29) is 11.3 Å². The number of rotatable bonds is 3. The van der Waals surface area contributed by atoms with E-state index in [1.807, 2.05) is 0 Å². The van der Waals surface area contributed by atoms with Gasteiger partial charge in [0.1, 0.15) is 11.9 Å². The van der Waals surface area contributed by atoms with E-state index < -0.39 is 16.6 Å². The van der Waals surface area contributed by atoms with Crippen LogP contribution < -0.4 is 5.73 Å². The maximum Gasteiger partial charge on any atom is 0.140 e. The van der Waals surface area contributed by atoms with Gasteiger partial charge >= 0.3 is 0 Å². The van der Waals surface area contributed by atoms with E-state index in [9.17, 15) is 8.60 Å². The first-order valence-electron chi connectivity index (χ1n) is 5.63. The van der Waals surface area contributed by atoms with E-state index in [0.717, 1.165) is 0 Å². The highest BCUT2D eigenvalue weighted by atomic mass is 35.5. The molecule has 2 aromatic rings. The van der Waals surface area contributed by atoms with Crippen molar-refractivity contribution in [2.45, 2.75) is 10.6 Å². The molecule has 2 rings (SSSR count). The van der Waals surface area contributed by atoms with Crippen molar-refractivity contribution in [3.8, 4) is 6.07 Å². The van der Waals surface area contributed by atoms with Crippen LogP contribution in [-0.4, -0.2) is 4.21 Å². The number of nitrogen functional groups attached to an aromatic ring is 1. The van der Waals surface area contributed by atoms with Crippen LogP contribution in [-0.2, 0) is 16.6 Å². The molecular formula is C14H10ClFN2OS. The maximum atomic E-state index is 13.2. The van der Waals surface area contributed by atoms with E-state index in [0.29, 0.717) is 21.2 Å². The number of halogens is 2. The van der Waals surface area contributed by atoms with Gasteiger partial charge in [0.25, 0.3) is 0 Å². The Balaban J connectivity index is 2.28. The molecule has 0 spiro atoms. The highest BCUT2D eigenvalue weighted by Gasteiger charge is 2.11. The van der Waals surface area contributed by atoms with Crippen molar-refractivity contribution < 1.29 is 8.60 Å². The van der Waals surface area contributed by atoms with Crippen LogP contribution in [0.15, 0.2) is 41.3 Å². The molecule has 102 valence electrons. The van der Waals surface area contributed by atoms with E-state index in [4.69, 9.17) is 22.6 Å². The van der Waals surface area contributed by atoms with Gasteiger partial charge < -0.3 is 5.73 Å². The van der Waals surface area contributed by atoms with Crippen LogP contribution in [0, 0.1) is 17.1 Å². The summed E-state index contributed by atoms with van der Waals surface area (Å²) in [5.74, 6) is -0.455. The largest absolute Gasteiger partial charge is 0.398 e. The second-order valence-electron chi connectivity index (χ2n) is 4.10. The summed E-state index contributed by atoms with van der Waals surface area (Å²) in [5, 5.41) is 9.22. The van der Waals surface area contributed by atoms with E-state index >= 15 is 0 Å². The predicted molar refractivity (Wildman–Crippen MR) is 77.1 cm³/mol. The lowest BCUT2D eigenvalue weighted by Gasteiger charge is -2.07. The Bertz CT molecular complexity index is 728. The molecule has 0 fully saturated rings. The van der Waals surface area contributed by atoms with Gasteiger partial charge in [-0.25, -0.2) is 4.39 Å². The summed E-state index contributed by atoms with van der Waals surface area (Å²) in [5.41, 5.74) is 6.67. The van der Waals surface area contributed by atoms with Crippen LogP contribution >= 0.6 is 11.6 Å². The first-order valence-corrected chi connectivity index (χ1v) is 7.33. The average Bonchev–Trinajstić information content (AvgIpc) is 2.43. The van der Waals surface area contributed by atoms with Gasteiger partial charge in [0.05, 0.1) is 27.0 Å². The fraction of sp³-hybridized carbons (Fsp3) is 0.0714. The summed E-state index contributed by atoms with van der Waals surface area (Å²) >= 11 is 5.85. The van der Waals surface area contributed by atoms with Crippen LogP contribution in [0.5, 0.6) is 0 Å². The number of benzene rings is 2. The topological polar surface area (TPSA) is 66.9 Å². The fourth-order valence-electron chi connectivity index (χ4n) is 1.68. The summed E-state index contributed by atoms with van der Waals surface area (Å²) in [7, 11) is -1.41. The molecule has 2 aromatic carbocycles. The molecule has 1 atom stereocenters. The van der Waals surface area contributed by atoms with Crippen molar-refractivity contribution in [1.29, 1.82) is 5.26 Å².